The summed E-state index contributed by atoms with van der Waals surface area (Å²) in [5.74, 6) is 0.203. The minimum atomic E-state index is -3.49. The van der Waals surface area contributed by atoms with Crippen LogP contribution in [0.15, 0.2) is 46.9 Å². The Bertz CT molecular complexity index is 664. The lowest BCUT2D eigenvalue weighted by atomic mass is 10.3. The summed E-state index contributed by atoms with van der Waals surface area (Å²) < 4.78 is 23.9. The summed E-state index contributed by atoms with van der Waals surface area (Å²) in [7, 11) is -2.17. The quantitative estimate of drug-likeness (QED) is 0.520. The van der Waals surface area contributed by atoms with Crippen molar-refractivity contribution in [3.63, 3.8) is 0 Å². The van der Waals surface area contributed by atoms with Crippen molar-refractivity contribution in [1.82, 2.24) is 0 Å². The standard InChI is InChI=1S/C13H10BrCl2O3P/c1-18-20(17,9-5-3-2-4-6-9)19-13-8-11(15)10(14)7-12(13)16/h2-8H,1H3/t20-/m0/s1. The van der Waals surface area contributed by atoms with Crippen LogP contribution >= 0.6 is 46.7 Å². The van der Waals surface area contributed by atoms with E-state index in [0.29, 0.717) is 14.8 Å². The van der Waals surface area contributed by atoms with Gasteiger partial charge >= 0.3 is 7.60 Å². The largest absolute Gasteiger partial charge is 0.420 e. The maximum absolute atomic E-state index is 12.7. The summed E-state index contributed by atoms with van der Waals surface area (Å²) in [5.41, 5.74) is 0. The average Bonchev–Trinajstić information content (AvgIpc) is 2.45. The Morgan fingerprint density at radius 2 is 1.75 bits per heavy atom. The van der Waals surface area contributed by atoms with E-state index in [-0.39, 0.29) is 10.8 Å². The van der Waals surface area contributed by atoms with Crippen molar-refractivity contribution in [3.05, 3.63) is 57.0 Å². The molecule has 0 radical (unpaired) electrons. The maximum Gasteiger partial charge on any atom is 0.410 e. The van der Waals surface area contributed by atoms with Gasteiger partial charge in [0.1, 0.15) is 5.75 Å². The fourth-order valence-corrected chi connectivity index (χ4v) is 3.73. The van der Waals surface area contributed by atoms with E-state index in [1.165, 1.54) is 13.2 Å². The Morgan fingerprint density at radius 3 is 2.35 bits per heavy atom. The van der Waals surface area contributed by atoms with Gasteiger partial charge in [-0.15, -0.1) is 0 Å². The summed E-state index contributed by atoms with van der Waals surface area (Å²) in [6.07, 6.45) is 0. The zero-order valence-corrected chi connectivity index (χ0v) is 14.3. The van der Waals surface area contributed by atoms with Crippen LogP contribution in [0, 0.1) is 0 Å². The van der Waals surface area contributed by atoms with Gasteiger partial charge in [0, 0.05) is 17.6 Å². The molecule has 0 N–H and O–H groups in total. The molecule has 1 atom stereocenters. The molecule has 0 fully saturated rings. The van der Waals surface area contributed by atoms with Crippen LogP contribution in [0.25, 0.3) is 0 Å². The van der Waals surface area contributed by atoms with Gasteiger partial charge in [-0.05, 0) is 34.1 Å². The van der Waals surface area contributed by atoms with Crippen LogP contribution in [0.4, 0.5) is 0 Å². The third kappa shape index (κ3) is 3.38. The molecule has 0 saturated heterocycles. The third-order valence-corrected chi connectivity index (χ3v) is 5.85. The molecule has 0 bridgehead atoms. The van der Waals surface area contributed by atoms with E-state index in [1.54, 1.807) is 30.3 Å². The van der Waals surface area contributed by atoms with Crippen molar-refractivity contribution in [2.45, 2.75) is 0 Å². The molecule has 0 aromatic heterocycles. The highest BCUT2D eigenvalue weighted by Gasteiger charge is 2.28. The fourth-order valence-electron chi connectivity index (χ4n) is 1.51. The molecule has 20 heavy (non-hydrogen) atoms. The number of benzene rings is 2. The van der Waals surface area contributed by atoms with Crippen LogP contribution in [0.3, 0.4) is 0 Å². The predicted molar refractivity (Wildman–Crippen MR) is 85.5 cm³/mol. The molecule has 0 aliphatic rings. The van der Waals surface area contributed by atoms with E-state index < -0.39 is 7.60 Å². The molecule has 7 heteroatoms. The molecule has 0 aliphatic carbocycles. The SMILES string of the molecule is CO[P@](=O)(Oc1cc(Cl)c(Br)cc1Cl)c1ccccc1. The molecule has 2 aromatic carbocycles. The molecular weight excluding hydrogens is 386 g/mol. The molecular formula is C13H10BrCl2O3P. The second kappa shape index (κ2) is 6.50. The average molecular weight is 396 g/mol. The van der Waals surface area contributed by atoms with E-state index in [1.807, 2.05) is 6.07 Å². The van der Waals surface area contributed by atoms with Gasteiger partial charge in [0.25, 0.3) is 0 Å². The van der Waals surface area contributed by atoms with E-state index in [4.69, 9.17) is 32.2 Å². The molecule has 0 aliphatic heterocycles. The van der Waals surface area contributed by atoms with Gasteiger partial charge in [0.05, 0.1) is 15.3 Å². The Morgan fingerprint density at radius 1 is 1.10 bits per heavy atom. The molecule has 0 heterocycles. The van der Waals surface area contributed by atoms with E-state index >= 15 is 0 Å². The van der Waals surface area contributed by atoms with Gasteiger partial charge in [-0.2, -0.15) is 0 Å². The topological polar surface area (TPSA) is 35.5 Å². The Labute approximate surface area is 135 Å². The second-order valence-corrected chi connectivity index (χ2v) is 7.53. The number of hydrogen-bond acceptors (Lipinski definition) is 3. The predicted octanol–water partition coefficient (Wildman–Crippen LogP) is 5.30. The summed E-state index contributed by atoms with van der Waals surface area (Å²) in [4.78, 5) is 0. The first-order valence-electron chi connectivity index (χ1n) is 5.52. The minimum Gasteiger partial charge on any atom is -0.420 e. The van der Waals surface area contributed by atoms with Crippen molar-refractivity contribution in [2.75, 3.05) is 7.11 Å². The van der Waals surface area contributed by atoms with E-state index in [2.05, 4.69) is 15.9 Å². The third-order valence-electron chi connectivity index (χ3n) is 2.51. The van der Waals surface area contributed by atoms with Gasteiger partial charge in [0.15, 0.2) is 0 Å². The lowest BCUT2D eigenvalue weighted by molar-refractivity contribution is 0.334. The Balaban J connectivity index is 2.41. The van der Waals surface area contributed by atoms with Crippen molar-refractivity contribution in [1.29, 1.82) is 0 Å². The van der Waals surface area contributed by atoms with Gasteiger partial charge in [0.2, 0.25) is 0 Å². The molecule has 0 amide bonds. The maximum atomic E-state index is 12.7. The van der Waals surface area contributed by atoms with Crippen molar-refractivity contribution in [2.24, 2.45) is 0 Å². The van der Waals surface area contributed by atoms with Gasteiger partial charge in [-0.3, -0.25) is 4.52 Å². The van der Waals surface area contributed by atoms with Crippen LogP contribution in [0.2, 0.25) is 10.0 Å². The highest BCUT2D eigenvalue weighted by molar-refractivity contribution is 9.10. The summed E-state index contributed by atoms with van der Waals surface area (Å²) in [5, 5.41) is 1.13. The number of rotatable bonds is 4. The van der Waals surface area contributed by atoms with Crippen LogP contribution in [0.1, 0.15) is 0 Å². The van der Waals surface area contributed by atoms with E-state index in [9.17, 15) is 4.57 Å². The Hall–Kier alpha value is -0.510. The smallest absolute Gasteiger partial charge is 0.410 e. The lowest BCUT2D eigenvalue weighted by Crippen LogP contribution is -2.10. The Kier molecular flexibility index (Phi) is 5.16. The van der Waals surface area contributed by atoms with Gasteiger partial charge < -0.3 is 4.52 Å². The second-order valence-electron chi connectivity index (χ2n) is 3.80. The normalized spacial score (nSPS) is 13.8. The van der Waals surface area contributed by atoms with Gasteiger partial charge in [-0.25, -0.2) is 4.57 Å². The minimum absolute atomic E-state index is 0.203. The lowest BCUT2D eigenvalue weighted by Gasteiger charge is -2.18. The van der Waals surface area contributed by atoms with Gasteiger partial charge in [-0.1, -0.05) is 41.4 Å². The van der Waals surface area contributed by atoms with Crippen LogP contribution in [-0.2, 0) is 9.09 Å². The zero-order valence-electron chi connectivity index (χ0n) is 10.3. The van der Waals surface area contributed by atoms with E-state index in [0.717, 1.165) is 0 Å². The summed E-state index contributed by atoms with van der Waals surface area (Å²) in [6, 6.07) is 11.7. The first-order valence-corrected chi connectivity index (χ1v) is 8.61. The summed E-state index contributed by atoms with van der Waals surface area (Å²) >= 11 is 15.3. The molecule has 2 aromatic rings. The monoisotopic (exact) mass is 394 g/mol. The first kappa shape index (κ1) is 15.9. The highest BCUT2D eigenvalue weighted by atomic mass is 79.9. The summed E-state index contributed by atoms with van der Waals surface area (Å²) in [6.45, 7) is 0. The first-order chi connectivity index (χ1) is 9.46. The fraction of sp³-hybridized carbons (Fsp3) is 0.0769. The zero-order chi connectivity index (χ0) is 14.8. The molecule has 3 nitrogen and oxygen atoms in total. The molecule has 106 valence electrons. The van der Waals surface area contributed by atoms with Crippen molar-refractivity contribution < 1.29 is 13.6 Å². The van der Waals surface area contributed by atoms with Crippen molar-refractivity contribution >= 4 is 52.0 Å². The van der Waals surface area contributed by atoms with Crippen LogP contribution < -0.4 is 9.83 Å². The molecule has 0 spiro atoms. The van der Waals surface area contributed by atoms with Crippen LogP contribution in [-0.4, -0.2) is 7.11 Å². The highest BCUT2D eigenvalue weighted by Crippen LogP contribution is 2.49. The molecule has 2 rings (SSSR count). The molecule has 0 unspecified atom stereocenters. The number of hydrogen-bond donors (Lipinski definition) is 0. The molecule has 0 saturated carbocycles. The van der Waals surface area contributed by atoms with Crippen molar-refractivity contribution in [3.8, 4) is 5.75 Å². The van der Waals surface area contributed by atoms with Crippen LogP contribution in [0.5, 0.6) is 5.75 Å². The number of halogens is 3.